The Morgan fingerprint density at radius 2 is 2.15 bits per heavy atom. The minimum atomic E-state index is 0.307. The van der Waals surface area contributed by atoms with Crippen molar-refractivity contribution in [1.29, 1.82) is 0 Å². The van der Waals surface area contributed by atoms with Gasteiger partial charge in [0.25, 0.3) is 0 Å². The van der Waals surface area contributed by atoms with Crippen LogP contribution in [-0.2, 0) is 6.42 Å². The molecule has 0 unspecified atom stereocenters. The van der Waals surface area contributed by atoms with Crippen LogP contribution in [0.25, 0.3) is 6.20 Å². The summed E-state index contributed by atoms with van der Waals surface area (Å²) in [5.41, 5.74) is 1.70. The number of hydrogen-bond acceptors (Lipinski definition) is 2. The summed E-state index contributed by atoms with van der Waals surface area (Å²) in [7, 11) is 0. The molecule has 0 atom stereocenters. The fourth-order valence-electron chi connectivity index (χ4n) is 2.03. The smallest absolute Gasteiger partial charge is 0.137 e. The fourth-order valence-corrected chi connectivity index (χ4v) is 2.03. The predicted octanol–water partition coefficient (Wildman–Crippen LogP) is 2.11. The van der Waals surface area contributed by atoms with Gasteiger partial charge in [-0.2, -0.15) is 0 Å². The van der Waals surface area contributed by atoms with Gasteiger partial charge in [0.15, 0.2) is 0 Å². The van der Waals surface area contributed by atoms with Crippen molar-refractivity contribution in [3.05, 3.63) is 17.7 Å². The molecule has 0 aromatic carbocycles. The third kappa shape index (κ3) is 1.64. The third-order valence-corrected chi connectivity index (χ3v) is 2.40. The van der Waals surface area contributed by atoms with Crippen LogP contribution in [0.5, 0.6) is 0 Å². The standard InChI is InChI=1S/C10H15N3/c1-8-4-10(2,3)5-9-12-11-7-13(9)6-8/h6-7H,4-5H2,1-3H3. The minimum absolute atomic E-state index is 0.307. The molecule has 13 heavy (non-hydrogen) atoms. The zero-order valence-electron chi connectivity index (χ0n) is 8.41. The minimum Gasteiger partial charge on any atom is -0.293 e. The van der Waals surface area contributed by atoms with Crippen LogP contribution < -0.4 is 0 Å². The van der Waals surface area contributed by atoms with E-state index in [2.05, 4.69) is 37.2 Å². The molecule has 0 saturated carbocycles. The molecule has 1 aromatic rings. The SMILES string of the molecule is CC1=Cn2cnnc2CC(C)(C)C1. The first-order valence-electron chi connectivity index (χ1n) is 4.62. The predicted molar refractivity (Wildman–Crippen MR) is 52.1 cm³/mol. The van der Waals surface area contributed by atoms with Crippen LogP contribution >= 0.6 is 0 Å². The van der Waals surface area contributed by atoms with E-state index in [4.69, 9.17) is 0 Å². The molecular weight excluding hydrogens is 162 g/mol. The van der Waals surface area contributed by atoms with Gasteiger partial charge in [0, 0.05) is 12.6 Å². The summed E-state index contributed by atoms with van der Waals surface area (Å²) in [6.07, 6.45) is 6.04. The first-order valence-corrected chi connectivity index (χ1v) is 4.62. The number of nitrogens with zero attached hydrogens (tertiary/aromatic N) is 3. The van der Waals surface area contributed by atoms with E-state index in [0.717, 1.165) is 18.7 Å². The molecule has 0 fully saturated rings. The van der Waals surface area contributed by atoms with Crippen LogP contribution in [0, 0.1) is 5.41 Å². The second-order valence-electron chi connectivity index (χ2n) is 4.65. The van der Waals surface area contributed by atoms with Gasteiger partial charge in [-0.25, -0.2) is 0 Å². The van der Waals surface area contributed by atoms with E-state index in [9.17, 15) is 0 Å². The van der Waals surface area contributed by atoms with Gasteiger partial charge in [0.2, 0.25) is 0 Å². The monoisotopic (exact) mass is 177 g/mol. The summed E-state index contributed by atoms with van der Waals surface area (Å²) < 4.78 is 2.03. The molecule has 70 valence electrons. The highest BCUT2D eigenvalue weighted by molar-refractivity contribution is 5.33. The largest absolute Gasteiger partial charge is 0.293 e. The molecule has 0 amide bonds. The Bertz CT molecular complexity index is 347. The van der Waals surface area contributed by atoms with Gasteiger partial charge in [-0.15, -0.1) is 10.2 Å². The maximum absolute atomic E-state index is 4.12. The van der Waals surface area contributed by atoms with Crippen molar-refractivity contribution in [1.82, 2.24) is 14.8 Å². The van der Waals surface area contributed by atoms with Crippen LogP contribution in [0.1, 0.15) is 33.0 Å². The lowest BCUT2D eigenvalue weighted by molar-refractivity contribution is 0.355. The van der Waals surface area contributed by atoms with Gasteiger partial charge in [-0.3, -0.25) is 4.57 Å². The van der Waals surface area contributed by atoms with Crippen LogP contribution in [0.4, 0.5) is 0 Å². The Morgan fingerprint density at radius 1 is 1.38 bits per heavy atom. The normalized spacial score (nSPS) is 20.4. The summed E-state index contributed by atoms with van der Waals surface area (Å²) in [6.45, 7) is 6.71. The molecule has 3 nitrogen and oxygen atoms in total. The fraction of sp³-hybridized carbons (Fsp3) is 0.600. The van der Waals surface area contributed by atoms with Gasteiger partial charge in [0.05, 0.1) is 0 Å². The molecule has 0 bridgehead atoms. The zero-order valence-corrected chi connectivity index (χ0v) is 8.41. The number of aromatic nitrogens is 3. The molecule has 2 rings (SSSR count). The summed E-state index contributed by atoms with van der Waals surface area (Å²) in [4.78, 5) is 0. The van der Waals surface area contributed by atoms with E-state index >= 15 is 0 Å². The van der Waals surface area contributed by atoms with E-state index in [1.807, 2.05) is 4.57 Å². The number of rotatable bonds is 0. The lowest BCUT2D eigenvalue weighted by Gasteiger charge is -2.21. The van der Waals surface area contributed by atoms with E-state index < -0.39 is 0 Å². The summed E-state index contributed by atoms with van der Waals surface area (Å²) in [5, 5.41) is 8.03. The highest BCUT2D eigenvalue weighted by atomic mass is 15.3. The van der Waals surface area contributed by atoms with Crippen LogP contribution in [0.15, 0.2) is 11.9 Å². The maximum Gasteiger partial charge on any atom is 0.137 e. The van der Waals surface area contributed by atoms with Crippen molar-refractivity contribution in [3.8, 4) is 0 Å². The van der Waals surface area contributed by atoms with Gasteiger partial charge in [-0.1, -0.05) is 19.4 Å². The molecule has 0 aliphatic carbocycles. The zero-order chi connectivity index (χ0) is 9.47. The molecule has 3 heteroatoms. The van der Waals surface area contributed by atoms with E-state index in [1.165, 1.54) is 5.57 Å². The lowest BCUT2D eigenvalue weighted by atomic mass is 9.83. The molecule has 0 N–H and O–H groups in total. The van der Waals surface area contributed by atoms with Crippen molar-refractivity contribution in [2.75, 3.05) is 0 Å². The summed E-state index contributed by atoms with van der Waals surface area (Å²) in [6, 6.07) is 0. The molecule has 0 radical (unpaired) electrons. The van der Waals surface area contributed by atoms with Crippen molar-refractivity contribution >= 4 is 6.20 Å². The first-order chi connectivity index (χ1) is 6.07. The van der Waals surface area contributed by atoms with E-state index in [0.29, 0.717) is 5.41 Å². The van der Waals surface area contributed by atoms with Gasteiger partial charge in [-0.05, 0) is 18.8 Å². The van der Waals surface area contributed by atoms with Crippen LogP contribution in [0.2, 0.25) is 0 Å². The Hall–Kier alpha value is -1.12. The van der Waals surface area contributed by atoms with Gasteiger partial charge >= 0.3 is 0 Å². The molecule has 1 aromatic heterocycles. The first kappa shape index (κ1) is 8.48. The lowest BCUT2D eigenvalue weighted by Crippen LogP contribution is -2.15. The quantitative estimate of drug-likeness (QED) is 0.607. The molecule has 1 aliphatic rings. The highest BCUT2D eigenvalue weighted by Gasteiger charge is 2.24. The second kappa shape index (κ2) is 2.69. The molecule has 1 aliphatic heterocycles. The maximum atomic E-state index is 4.12. The molecule has 2 heterocycles. The van der Waals surface area contributed by atoms with Gasteiger partial charge < -0.3 is 0 Å². The number of allylic oxidation sites excluding steroid dienone is 1. The van der Waals surface area contributed by atoms with E-state index in [-0.39, 0.29) is 0 Å². The van der Waals surface area contributed by atoms with E-state index in [1.54, 1.807) is 6.33 Å². The Morgan fingerprint density at radius 3 is 2.92 bits per heavy atom. The molecule has 0 spiro atoms. The average molecular weight is 177 g/mol. The number of hydrogen-bond donors (Lipinski definition) is 0. The third-order valence-electron chi connectivity index (χ3n) is 2.40. The Balaban J connectivity index is 2.45. The highest BCUT2D eigenvalue weighted by Crippen LogP contribution is 2.31. The summed E-state index contributed by atoms with van der Waals surface area (Å²) >= 11 is 0. The van der Waals surface area contributed by atoms with Crippen molar-refractivity contribution in [2.24, 2.45) is 5.41 Å². The molecular formula is C10H15N3. The Kier molecular flexibility index (Phi) is 1.75. The van der Waals surface area contributed by atoms with Crippen molar-refractivity contribution in [2.45, 2.75) is 33.6 Å². The van der Waals surface area contributed by atoms with Crippen molar-refractivity contribution in [3.63, 3.8) is 0 Å². The second-order valence-corrected chi connectivity index (χ2v) is 4.65. The number of fused-ring (bicyclic) bond motifs is 1. The van der Waals surface area contributed by atoms with Gasteiger partial charge in [0.1, 0.15) is 12.2 Å². The topological polar surface area (TPSA) is 30.7 Å². The van der Waals surface area contributed by atoms with Crippen LogP contribution in [0.3, 0.4) is 0 Å². The van der Waals surface area contributed by atoms with Crippen molar-refractivity contribution < 1.29 is 0 Å². The van der Waals surface area contributed by atoms with Crippen LogP contribution in [-0.4, -0.2) is 14.8 Å². The Labute approximate surface area is 78.5 Å². The molecule has 0 saturated heterocycles. The summed E-state index contributed by atoms with van der Waals surface area (Å²) in [5.74, 6) is 1.07. The average Bonchev–Trinajstić information content (AvgIpc) is 2.30.